The van der Waals surface area contributed by atoms with E-state index in [4.69, 9.17) is 0 Å². The summed E-state index contributed by atoms with van der Waals surface area (Å²) >= 11 is 1.65. The van der Waals surface area contributed by atoms with Crippen molar-refractivity contribution in [3.8, 4) is 0 Å². The fourth-order valence-electron chi connectivity index (χ4n) is 2.97. The monoisotopic (exact) mass is 333 g/mol. The van der Waals surface area contributed by atoms with Crippen LogP contribution in [0.2, 0.25) is 0 Å². The Labute approximate surface area is 143 Å². The van der Waals surface area contributed by atoms with Crippen molar-refractivity contribution < 1.29 is 4.79 Å². The van der Waals surface area contributed by atoms with Gasteiger partial charge in [0.25, 0.3) is 0 Å². The molecule has 1 atom stereocenters. The second kappa shape index (κ2) is 6.73. The zero-order valence-corrected chi connectivity index (χ0v) is 15.2. The molecule has 1 aliphatic heterocycles. The molecule has 0 aromatic carbocycles. The van der Waals surface area contributed by atoms with E-state index in [2.05, 4.69) is 36.0 Å². The van der Waals surface area contributed by atoms with Crippen LogP contribution in [0.25, 0.3) is 6.08 Å². The van der Waals surface area contributed by atoms with E-state index in [-0.39, 0.29) is 11.3 Å². The van der Waals surface area contributed by atoms with Gasteiger partial charge in [0.15, 0.2) is 0 Å². The van der Waals surface area contributed by atoms with Crippen molar-refractivity contribution in [1.82, 2.24) is 15.2 Å². The number of aromatic nitrogens is 1. The molecule has 4 nitrogen and oxygen atoms in total. The van der Waals surface area contributed by atoms with Gasteiger partial charge in [0, 0.05) is 41.7 Å². The Hall–Kier alpha value is -1.20. The lowest BCUT2D eigenvalue weighted by atomic mass is 9.98. The van der Waals surface area contributed by atoms with Crippen molar-refractivity contribution in [3.05, 3.63) is 22.2 Å². The highest BCUT2D eigenvalue weighted by atomic mass is 32.1. The molecular weight excluding hydrogens is 306 g/mol. The Bertz CT molecular complexity index is 583. The van der Waals surface area contributed by atoms with E-state index < -0.39 is 0 Å². The summed E-state index contributed by atoms with van der Waals surface area (Å²) in [5.74, 6) is 0.615. The average molecular weight is 334 g/mol. The minimum absolute atomic E-state index is 0.000538. The molecule has 3 rings (SSSR count). The van der Waals surface area contributed by atoms with Gasteiger partial charge in [-0.3, -0.25) is 4.79 Å². The summed E-state index contributed by atoms with van der Waals surface area (Å²) in [6.45, 7) is 9.61. The van der Waals surface area contributed by atoms with Gasteiger partial charge in [0.1, 0.15) is 0 Å². The van der Waals surface area contributed by atoms with Gasteiger partial charge >= 0.3 is 0 Å². The van der Waals surface area contributed by atoms with Gasteiger partial charge in [-0.05, 0) is 37.8 Å². The zero-order valence-electron chi connectivity index (χ0n) is 14.3. The molecule has 5 heteroatoms. The maximum Gasteiger partial charge on any atom is 0.244 e. The fraction of sp³-hybridized carbons (Fsp3) is 0.667. The van der Waals surface area contributed by atoms with Crippen LogP contribution in [0.1, 0.15) is 49.9 Å². The Morgan fingerprint density at radius 1 is 1.43 bits per heavy atom. The number of hydrogen-bond acceptors (Lipinski definition) is 4. The van der Waals surface area contributed by atoms with E-state index in [1.807, 2.05) is 12.3 Å². The Balaban J connectivity index is 1.43. The quantitative estimate of drug-likeness (QED) is 0.843. The van der Waals surface area contributed by atoms with Crippen LogP contribution in [0.15, 0.2) is 12.3 Å². The van der Waals surface area contributed by atoms with Crippen LogP contribution in [-0.4, -0.2) is 41.5 Å². The second-order valence-corrected chi connectivity index (χ2v) is 8.84. The number of carbonyl (C=O) groups is 1. The van der Waals surface area contributed by atoms with Crippen molar-refractivity contribution in [2.75, 3.05) is 19.6 Å². The highest BCUT2D eigenvalue weighted by Gasteiger charge is 2.34. The minimum atomic E-state index is 0.000538. The predicted molar refractivity (Wildman–Crippen MR) is 95.6 cm³/mol. The van der Waals surface area contributed by atoms with Gasteiger partial charge in [0.05, 0.1) is 5.01 Å². The van der Waals surface area contributed by atoms with Gasteiger partial charge in [-0.2, -0.15) is 0 Å². The zero-order chi connectivity index (χ0) is 16.4. The number of amides is 1. The van der Waals surface area contributed by atoms with Gasteiger partial charge in [-0.1, -0.05) is 20.8 Å². The summed E-state index contributed by atoms with van der Waals surface area (Å²) in [6, 6.07) is 0.846. The number of nitrogens with zero attached hydrogens (tertiary/aromatic N) is 2. The Kier molecular flexibility index (Phi) is 4.87. The molecule has 1 unspecified atom stereocenters. The summed E-state index contributed by atoms with van der Waals surface area (Å²) in [5, 5.41) is 4.14. The van der Waals surface area contributed by atoms with Crippen LogP contribution in [0.4, 0.5) is 0 Å². The molecule has 126 valence electrons. The molecule has 23 heavy (non-hydrogen) atoms. The molecule has 2 heterocycles. The number of likely N-dealkylation sites (tertiary alicyclic amines) is 1. The number of thiazole rings is 1. The van der Waals surface area contributed by atoms with Gasteiger partial charge in [-0.25, -0.2) is 4.98 Å². The van der Waals surface area contributed by atoms with Gasteiger partial charge in [0.2, 0.25) is 5.91 Å². The van der Waals surface area contributed by atoms with Gasteiger partial charge in [-0.15, -0.1) is 11.3 Å². The average Bonchev–Trinajstić information content (AvgIpc) is 3.04. The molecule has 1 aromatic rings. The first-order chi connectivity index (χ1) is 10.9. The molecule has 1 saturated carbocycles. The molecule has 1 amide bonds. The van der Waals surface area contributed by atoms with Crippen molar-refractivity contribution >= 4 is 23.3 Å². The van der Waals surface area contributed by atoms with Crippen molar-refractivity contribution in [3.63, 3.8) is 0 Å². The molecule has 1 N–H and O–H groups in total. The lowest BCUT2D eigenvalue weighted by molar-refractivity contribution is -0.116. The first-order valence-corrected chi connectivity index (χ1v) is 9.40. The molecule has 0 bridgehead atoms. The first-order valence-electron chi connectivity index (χ1n) is 8.58. The standard InChI is InChI=1S/C18H27N3OS/c1-18(2,3)17-20-11-15(23-17)6-7-16(22)19-10-13-8-9-21(12-13)14-4-5-14/h6-7,11,13-14H,4-5,8-10,12H2,1-3H3,(H,19,22). The largest absolute Gasteiger partial charge is 0.352 e. The summed E-state index contributed by atoms with van der Waals surface area (Å²) < 4.78 is 0. The van der Waals surface area contributed by atoms with Gasteiger partial charge < -0.3 is 10.2 Å². The van der Waals surface area contributed by atoms with Crippen LogP contribution in [0.3, 0.4) is 0 Å². The summed E-state index contributed by atoms with van der Waals surface area (Å²) in [4.78, 5) is 20.0. The van der Waals surface area contributed by atoms with Crippen molar-refractivity contribution in [2.24, 2.45) is 5.92 Å². The molecule has 2 aliphatic rings. The van der Waals surface area contributed by atoms with Crippen molar-refractivity contribution in [1.29, 1.82) is 0 Å². The number of carbonyl (C=O) groups excluding carboxylic acids is 1. The van der Waals surface area contributed by atoms with Crippen molar-refractivity contribution in [2.45, 2.75) is 51.5 Å². The third-order valence-corrected chi connectivity index (χ3v) is 5.90. The van der Waals surface area contributed by atoms with Crippen LogP contribution < -0.4 is 5.32 Å². The maximum absolute atomic E-state index is 12.0. The molecular formula is C18H27N3OS. The molecule has 0 spiro atoms. The minimum Gasteiger partial charge on any atom is -0.352 e. The molecule has 1 aromatic heterocycles. The number of nitrogens with one attached hydrogen (secondary N) is 1. The normalized spacial score (nSPS) is 22.8. The summed E-state index contributed by atoms with van der Waals surface area (Å²) in [7, 11) is 0. The van der Waals surface area contributed by atoms with E-state index in [0.717, 1.165) is 29.0 Å². The molecule has 0 radical (unpaired) electrons. The topological polar surface area (TPSA) is 45.2 Å². The highest BCUT2D eigenvalue weighted by molar-refractivity contribution is 7.12. The number of rotatable bonds is 5. The third kappa shape index (κ3) is 4.64. The van der Waals surface area contributed by atoms with E-state index in [1.54, 1.807) is 17.4 Å². The lowest BCUT2D eigenvalue weighted by Crippen LogP contribution is -2.30. The van der Waals surface area contributed by atoms with E-state index in [1.165, 1.54) is 25.8 Å². The van der Waals surface area contributed by atoms with E-state index in [0.29, 0.717) is 5.92 Å². The summed E-state index contributed by atoms with van der Waals surface area (Å²) in [5.41, 5.74) is 0.0644. The first kappa shape index (κ1) is 16.7. The fourth-order valence-corrected chi connectivity index (χ4v) is 3.85. The van der Waals surface area contributed by atoms with Crippen LogP contribution >= 0.6 is 11.3 Å². The molecule has 2 fully saturated rings. The Morgan fingerprint density at radius 3 is 2.87 bits per heavy atom. The highest BCUT2D eigenvalue weighted by Crippen LogP contribution is 2.31. The van der Waals surface area contributed by atoms with E-state index in [9.17, 15) is 4.79 Å². The number of hydrogen-bond donors (Lipinski definition) is 1. The predicted octanol–water partition coefficient (Wildman–Crippen LogP) is 3.05. The van der Waals surface area contributed by atoms with E-state index >= 15 is 0 Å². The molecule has 1 aliphatic carbocycles. The van der Waals surface area contributed by atoms with Crippen LogP contribution in [0, 0.1) is 5.92 Å². The lowest BCUT2D eigenvalue weighted by Gasteiger charge is -2.14. The van der Waals surface area contributed by atoms with Crippen LogP contribution in [0.5, 0.6) is 0 Å². The Morgan fingerprint density at radius 2 is 2.22 bits per heavy atom. The SMILES string of the molecule is CC(C)(C)c1ncc(C=CC(=O)NCC2CCN(C3CC3)C2)s1. The van der Waals surface area contributed by atoms with Crippen LogP contribution in [-0.2, 0) is 10.2 Å². The summed E-state index contributed by atoms with van der Waals surface area (Å²) in [6.07, 6.45) is 9.30. The third-order valence-electron chi connectivity index (χ3n) is 4.51. The smallest absolute Gasteiger partial charge is 0.244 e. The maximum atomic E-state index is 12.0. The molecule has 1 saturated heterocycles. The second-order valence-electron chi connectivity index (χ2n) is 7.78.